The van der Waals surface area contributed by atoms with Crippen LogP contribution in [0.2, 0.25) is 0 Å². The van der Waals surface area contributed by atoms with Crippen LogP contribution in [-0.4, -0.2) is 24.0 Å². The molecule has 0 radical (unpaired) electrons. The van der Waals surface area contributed by atoms with E-state index in [1.54, 1.807) is 5.38 Å². The van der Waals surface area contributed by atoms with Gasteiger partial charge < -0.3 is 4.74 Å². The van der Waals surface area contributed by atoms with Crippen molar-refractivity contribution < 1.29 is 9.53 Å². The van der Waals surface area contributed by atoms with Crippen LogP contribution in [0, 0.1) is 0 Å². The highest BCUT2D eigenvalue weighted by atomic mass is 32.1. The number of aromatic nitrogens is 1. The number of fused-ring (bicyclic) bond motifs is 1. The molecule has 4 heteroatoms. The Morgan fingerprint density at radius 1 is 1.56 bits per heavy atom. The lowest BCUT2D eigenvalue weighted by Crippen LogP contribution is -2.09. The number of rotatable bonds is 2. The van der Waals surface area contributed by atoms with Gasteiger partial charge in [-0.1, -0.05) is 12.2 Å². The van der Waals surface area contributed by atoms with E-state index in [2.05, 4.69) is 17.1 Å². The van der Waals surface area contributed by atoms with Crippen LogP contribution < -0.4 is 0 Å². The fourth-order valence-corrected chi connectivity index (χ4v) is 2.86. The zero-order chi connectivity index (χ0) is 11.0. The van der Waals surface area contributed by atoms with E-state index in [-0.39, 0.29) is 6.10 Å². The van der Waals surface area contributed by atoms with Crippen LogP contribution in [0.1, 0.15) is 28.3 Å². The first-order valence-corrected chi connectivity index (χ1v) is 6.18. The second-order valence-corrected chi connectivity index (χ2v) is 4.78. The van der Waals surface area contributed by atoms with Crippen molar-refractivity contribution in [1.29, 1.82) is 0 Å². The molecule has 2 aliphatic rings. The molecule has 1 aliphatic carbocycles. The van der Waals surface area contributed by atoms with Gasteiger partial charge in [-0.05, 0) is 18.4 Å². The number of carbonyl (C=O) groups excluding carboxylic acids is 1. The van der Waals surface area contributed by atoms with Gasteiger partial charge in [0.15, 0.2) is 6.29 Å². The van der Waals surface area contributed by atoms with E-state index in [0.717, 1.165) is 36.3 Å². The fourth-order valence-electron chi connectivity index (χ4n) is 2.09. The Kier molecular flexibility index (Phi) is 2.46. The van der Waals surface area contributed by atoms with Gasteiger partial charge in [-0.3, -0.25) is 4.79 Å². The van der Waals surface area contributed by atoms with Gasteiger partial charge in [0.2, 0.25) is 0 Å². The van der Waals surface area contributed by atoms with Crippen molar-refractivity contribution in [3.8, 4) is 0 Å². The van der Waals surface area contributed by atoms with Crippen molar-refractivity contribution in [2.24, 2.45) is 0 Å². The molecule has 1 unspecified atom stereocenters. The fraction of sp³-hybridized carbons (Fsp3) is 0.333. The molecule has 1 atom stereocenters. The van der Waals surface area contributed by atoms with Gasteiger partial charge in [0, 0.05) is 11.0 Å². The van der Waals surface area contributed by atoms with Gasteiger partial charge in [0.1, 0.15) is 10.7 Å². The lowest BCUT2D eigenvalue weighted by atomic mass is 9.97. The van der Waals surface area contributed by atoms with E-state index in [0.29, 0.717) is 5.69 Å². The van der Waals surface area contributed by atoms with E-state index in [4.69, 9.17) is 4.74 Å². The lowest BCUT2D eigenvalue weighted by molar-refractivity contribution is 0.111. The van der Waals surface area contributed by atoms with E-state index in [1.807, 2.05) is 0 Å². The Balaban J connectivity index is 1.90. The van der Waals surface area contributed by atoms with E-state index in [9.17, 15) is 4.79 Å². The van der Waals surface area contributed by atoms with Crippen LogP contribution in [0.4, 0.5) is 0 Å². The second kappa shape index (κ2) is 3.96. The average Bonchev–Trinajstić information content (AvgIpc) is 2.96. The maximum atomic E-state index is 10.6. The molecule has 0 saturated carbocycles. The molecular formula is C12H11NO2S. The van der Waals surface area contributed by atoms with Crippen molar-refractivity contribution >= 4 is 23.2 Å². The zero-order valence-electron chi connectivity index (χ0n) is 8.68. The molecule has 0 spiro atoms. The highest BCUT2D eigenvalue weighted by Crippen LogP contribution is 2.33. The molecule has 0 bridgehead atoms. The molecule has 3 rings (SSSR count). The van der Waals surface area contributed by atoms with Gasteiger partial charge in [0.05, 0.1) is 12.7 Å². The third kappa shape index (κ3) is 1.64. The van der Waals surface area contributed by atoms with Crippen molar-refractivity contribution in [2.75, 3.05) is 6.61 Å². The molecule has 3 nitrogen and oxygen atoms in total. The Labute approximate surface area is 97.5 Å². The summed E-state index contributed by atoms with van der Waals surface area (Å²) in [6, 6.07) is 0. The Bertz CT molecular complexity index is 487. The molecule has 0 amide bonds. The van der Waals surface area contributed by atoms with Gasteiger partial charge in [-0.2, -0.15) is 0 Å². The molecule has 2 heterocycles. The summed E-state index contributed by atoms with van der Waals surface area (Å²) in [5.41, 5.74) is 3.01. The molecule has 1 aromatic heterocycles. The molecule has 0 N–H and O–H groups in total. The molecule has 1 fully saturated rings. The summed E-state index contributed by atoms with van der Waals surface area (Å²) in [5, 5.41) is 2.72. The molecular weight excluding hydrogens is 222 g/mol. The monoisotopic (exact) mass is 233 g/mol. The minimum Gasteiger partial charge on any atom is -0.373 e. The Hall–Kier alpha value is -1.26. The number of carbonyl (C=O) groups is 1. The zero-order valence-corrected chi connectivity index (χ0v) is 9.50. The minimum absolute atomic E-state index is 0.286. The predicted molar refractivity (Wildman–Crippen MR) is 62.5 cm³/mol. The maximum absolute atomic E-state index is 10.6. The summed E-state index contributed by atoms with van der Waals surface area (Å²) in [6.45, 7) is 0.828. The number of ether oxygens (including phenoxy) is 1. The molecule has 1 aliphatic heterocycles. The molecule has 16 heavy (non-hydrogen) atoms. The van der Waals surface area contributed by atoms with E-state index in [1.165, 1.54) is 16.9 Å². The summed E-state index contributed by atoms with van der Waals surface area (Å²) in [7, 11) is 0. The number of thiazole rings is 1. The quantitative estimate of drug-likeness (QED) is 0.736. The second-order valence-electron chi connectivity index (χ2n) is 3.92. The number of nitrogens with zero attached hydrogens (tertiary/aromatic N) is 1. The highest BCUT2D eigenvalue weighted by Gasteiger charge is 2.24. The van der Waals surface area contributed by atoms with Crippen molar-refractivity contribution in [3.63, 3.8) is 0 Å². The SMILES string of the molecule is O=Cc1csc(C2=CCC3OCCC3=C2)n1. The summed E-state index contributed by atoms with van der Waals surface area (Å²) >= 11 is 1.52. The van der Waals surface area contributed by atoms with Crippen LogP contribution in [0.3, 0.4) is 0 Å². The van der Waals surface area contributed by atoms with Crippen molar-refractivity contribution in [1.82, 2.24) is 4.98 Å². The Morgan fingerprint density at radius 2 is 2.50 bits per heavy atom. The van der Waals surface area contributed by atoms with E-state index < -0.39 is 0 Å². The van der Waals surface area contributed by atoms with Crippen LogP contribution >= 0.6 is 11.3 Å². The maximum Gasteiger partial charge on any atom is 0.169 e. The molecule has 1 aromatic rings. The van der Waals surface area contributed by atoms with Crippen molar-refractivity contribution in [2.45, 2.75) is 18.9 Å². The first-order valence-electron chi connectivity index (χ1n) is 5.30. The smallest absolute Gasteiger partial charge is 0.169 e. The van der Waals surface area contributed by atoms with Crippen LogP contribution in [0.15, 0.2) is 23.1 Å². The standard InChI is InChI=1S/C12H11NO2S/c14-6-10-7-16-12(13-10)9-1-2-11-8(5-9)3-4-15-11/h1,5-7,11H,2-4H2. The largest absolute Gasteiger partial charge is 0.373 e. The van der Waals surface area contributed by atoms with Crippen LogP contribution in [0.25, 0.3) is 5.57 Å². The van der Waals surface area contributed by atoms with E-state index >= 15 is 0 Å². The number of aldehydes is 1. The molecule has 1 saturated heterocycles. The Morgan fingerprint density at radius 3 is 3.31 bits per heavy atom. The molecule has 82 valence electrons. The topological polar surface area (TPSA) is 39.2 Å². The van der Waals surface area contributed by atoms with Gasteiger partial charge in [-0.15, -0.1) is 11.3 Å². The number of allylic oxidation sites excluding steroid dienone is 2. The first-order chi connectivity index (χ1) is 7.86. The summed E-state index contributed by atoms with van der Waals surface area (Å²) < 4.78 is 5.58. The first kappa shape index (κ1) is 9.93. The van der Waals surface area contributed by atoms with Crippen molar-refractivity contribution in [3.05, 3.63) is 33.8 Å². The van der Waals surface area contributed by atoms with Crippen LogP contribution in [-0.2, 0) is 4.74 Å². The third-order valence-corrected chi connectivity index (χ3v) is 3.82. The number of hydrogen-bond acceptors (Lipinski definition) is 4. The minimum atomic E-state index is 0.286. The predicted octanol–water partition coefficient (Wildman–Crippen LogP) is 2.46. The third-order valence-electron chi connectivity index (χ3n) is 2.91. The summed E-state index contributed by atoms with van der Waals surface area (Å²) in [5.74, 6) is 0. The highest BCUT2D eigenvalue weighted by molar-refractivity contribution is 7.11. The molecule has 0 aromatic carbocycles. The lowest BCUT2D eigenvalue weighted by Gasteiger charge is -2.14. The summed E-state index contributed by atoms with van der Waals surface area (Å²) in [4.78, 5) is 14.8. The number of hydrogen-bond donors (Lipinski definition) is 0. The average molecular weight is 233 g/mol. The van der Waals surface area contributed by atoms with Gasteiger partial charge in [0.25, 0.3) is 0 Å². The van der Waals surface area contributed by atoms with Crippen LogP contribution in [0.5, 0.6) is 0 Å². The van der Waals surface area contributed by atoms with Gasteiger partial charge >= 0.3 is 0 Å². The van der Waals surface area contributed by atoms with Gasteiger partial charge in [-0.25, -0.2) is 4.98 Å². The summed E-state index contributed by atoms with van der Waals surface area (Å²) in [6.07, 6.45) is 7.33. The normalized spacial score (nSPS) is 23.6.